The molecule has 3 heterocycles. The summed E-state index contributed by atoms with van der Waals surface area (Å²) in [6, 6.07) is 11.5. The maximum absolute atomic E-state index is 11.8. The van der Waals surface area contributed by atoms with Crippen LogP contribution < -0.4 is 0 Å². The minimum Gasteiger partial charge on any atom is -0.334 e. The van der Waals surface area contributed by atoms with Crippen LogP contribution in [0.15, 0.2) is 30.3 Å². The van der Waals surface area contributed by atoms with E-state index in [0.717, 1.165) is 19.6 Å². The number of fused-ring (bicyclic) bond motifs is 2. The van der Waals surface area contributed by atoms with Crippen molar-refractivity contribution in [1.29, 1.82) is 0 Å². The molecule has 3 nitrogen and oxygen atoms in total. The van der Waals surface area contributed by atoms with Gasteiger partial charge in [-0.15, -0.1) is 0 Å². The van der Waals surface area contributed by atoms with Crippen LogP contribution >= 0.6 is 0 Å². The van der Waals surface area contributed by atoms with Gasteiger partial charge in [0, 0.05) is 38.1 Å². The first-order valence-electron chi connectivity index (χ1n) is 6.85. The highest BCUT2D eigenvalue weighted by atomic mass is 16.2. The van der Waals surface area contributed by atoms with Crippen LogP contribution in [0, 0.1) is 0 Å². The lowest BCUT2D eigenvalue weighted by molar-refractivity contribution is -0.153. The van der Waals surface area contributed by atoms with Crippen molar-refractivity contribution in [2.75, 3.05) is 13.1 Å². The molecule has 96 valence electrons. The number of carbonyl (C=O) groups is 1. The highest BCUT2D eigenvalue weighted by Crippen LogP contribution is 2.33. The van der Waals surface area contributed by atoms with Crippen molar-refractivity contribution in [1.82, 2.24) is 9.80 Å². The molecule has 0 aliphatic carbocycles. The molecule has 2 bridgehead atoms. The van der Waals surface area contributed by atoms with Crippen LogP contribution in [-0.2, 0) is 11.3 Å². The summed E-state index contributed by atoms with van der Waals surface area (Å²) in [4.78, 5) is 16.4. The third kappa shape index (κ3) is 2.03. The molecule has 18 heavy (non-hydrogen) atoms. The Bertz CT molecular complexity index is 419. The summed E-state index contributed by atoms with van der Waals surface area (Å²) in [5.41, 5.74) is 1.37. The normalized spacial score (nSPS) is 26.8. The Balaban J connectivity index is 1.59. The summed E-state index contributed by atoms with van der Waals surface area (Å²) in [5.74, 6) is 0.329. The van der Waals surface area contributed by atoms with Gasteiger partial charge < -0.3 is 4.90 Å². The molecule has 0 N–H and O–H groups in total. The molecule has 3 saturated heterocycles. The number of piperidine rings is 1. The van der Waals surface area contributed by atoms with Gasteiger partial charge in [-0.25, -0.2) is 0 Å². The average Bonchev–Trinajstić information content (AvgIpc) is 2.39. The second kappa shape index (κ2) is 4.73. The van der Waals surface area contributed by atoms with Gasteiger partial charge in [0.15, 0.2) is 0 Å². The van der Waals surface area contributed by atoms with Crippen LogP contribution in [0.2, 0.25) is 0 Å². The number of benzene rings is 1. The highest BCUT2D eigenvalue weighted by molar-refractivity contribution is 5.77. The van der Waals surface area contributed by atoms with Crippen molar-refractivity contribution < 1.29 is 4.79 Å². The monoisotopic (exact) mass is 244 g/mol. The topological polar surface area (TPSA) is 23.6 Å². The largest absolute Gasteiger partial charge is 0.334 e. The van der Waals surface area contributed by atoms with Gasteiger partial charge in [0.05, 0.1) is 0 Å². The Hall–Kier alpha value is -1.35. The van der Waals surface area contributed by atoms with Gasteiger partial charge in [0.2, 0.25) is 5.91 Å². The molecule has 0 spiro atoms. The fourth-order valence-electron chi connectivity index (χ4n) is 3.26. The van der Waals surface area contributed by atoms with Gasteiger partial charge in [0.25, 0.3) is 0 Å². The standard InChI is InChI=1S/C15H20N2O/c1-2-15(18)17-13-8-14(17)11-16(10-13)9-12-6-4-3-5-7-12/h3-7,13-14H,2,8-11H2,1H3. The molecule has 3 fully saturated rings. The number of carbonyl (C=O) groups excluding carboxylic acids is 1. The van der Waals surface area contributed by atoms with E-state index in [1.54, 1.807) is 0 Å². The smallest absolute Gasteiger partial charge is 0.222 e. The molecule has 1 amide bonds. The molecule has 3 heteroatoms. The quantitative estimate of drug-likeness (QED) is 0.810. The predicted octanol–water partition coefficient (Wildman–Crippen LogP) is 1.88. The minimum atomic E-state index is 0.329. The zero-order valence-electron chi connectivity index (χ0n) is 10.9. The minimum absolute atomic E-state index is 0.329. The van der Waals surface area contributed by atoms with Gasteiger partial charge in [-0.2, -0.15) is 0 Å². The van der Waals surface area contributed by atoms with Crippen molar-refractivity contribution >= 4 is 5.91 Å². The first-order valence-corrected chi connectivity index (χ1v) is 6.85. The SMILES string of the molecule is CCC(=O)N1C2CC1CN(Cc1ccccc1)C2. The number of piperazine rings is 1. The Morgan fingerprint density at radius 2 is 1.89 bits per heavy atom. The fraction of sp³-hybridized carbons (Fsp3) is 0.533. The molecule has 3 aliphatic rings. The Kier molecular flexibility index (Phi) is 3.08. The zero-order chi connectivity index (χ0) is 12.5. The Morgan fingerprint density at radius 1 is 1.22 bits per heavy atom. The van der Waals surface area contributed by atoms with E-state index in [4.69, 9.17) is 0 Å². The number of amides is 1. The van der Waals surface area contributed by atoms with E-state index >= 15 is 0 Å². The summed E-state index contributed by atoms with van der Waals surface area (Å²) in [5, 5.41) is 0. The molecule has 1 aromatic carbocycles. The van der Waals surface area contributed by atoms with Crippen molar-refractivity contribution in [2.24, 2.45) is 0 Å². The Morgan fingerprint density at radius 3 is 2.50 bits per heavy atom. The first kappa shape index (κ1) is 11.7. The lowest BCUT2D eigenvalue weighted by atomic mass is 9.86. The molecule has 1 aromatic rings. The molecule has 3 aliphatic heterocycles. The second-order valence-corrected chi connectivity index (χ2v) is 5.38. The van der Waals surface area contributed by atoms with E-state index in [0.29, 0.717) is 24.4 Å². The maximum atomic E-state index is 11.8. The van der Waals surface area contributed by atoms with E-state index in [1.165, 1.54) is 12.0 Å². The van der Waals surface area contributed by atoms with Crippen LogP contribution in [0.1, 0.15) is 25.3 Å². The maximum Gasteiger partial charge on any atom is 0.222 e. The van der Waals surface area contributed by atoms with Gasteiger partial charge in [-0.1, -0.05) is 37.3 Å². The summed E-state index contributed by atoms with van der Waals surface area (Å²) < 4.78 is 0. The molecule has 2 unspecified atom stereocenters. The molecule has 0 saturated carbocycles. The molecule has 4 rings (SSSR count). The van der Waals surface area contributed by atoms with Gasteiger partial charge in [0.1, 0.15) is 0 Å². The zero-order valence-corrected chi connectivity index (χ0v) is 10.9. The van der Waals surface area contributed by atoms with E-state index in [9.17, 15) is 4.79 Å². The number of rotatable bonds is 3. The predicted molar refractivity (Wildman–Crippen MR) is 71.0 cm³/mol. The Labute approximate surface area is 108 Å². The molecular formula is C15H20N2O. The summed E-state index contributed by atoms with van der Waals surface area (Å²) in [6.45, 7) is 5.05. The van der Waals surface area contributed by atoms with E-state index < -0.39 is 0 Å². The number of nitrogens with zero attached hydrogens (tertiary/aromatic N) is 2. The number of hydrogen-bond donors (Lipinski definition) is 0. The highest BCUT2D eigenvalue weighted by Gasteiger charge is 2.46. The number of hydrogen-bond acceptors (Lipinski definition) is 2. The van der Waals surface area contributed by atoms with Crippen LogP contribution in [0.4, 0.5) is 0 Å². The van der Waals surface area contributed by atoms with Gasteiger partial charge in [-0.3, -0.25) is 9.69 Å². The first-order chi connectivity index (χ1) is 8.78. The van der Waals surface area contributed by atoms with Crippen molar-refractivity contribution in [3.8, 4) is 0 Å². The summed E-state index contributed by atoms with van der Waals surface area (Å²) >= 11 is 0. The summed E-state index contributed by atoms with van der Waals surface area (Å²) in [7, 11) is 0. The van der Waals surface area contributed by atoms with E-state index in [-0.39, 0.29) is 0 Å². The van der Waals surface area contributed by atoms with Crippen LogP contribution in [-0.4, -0.2) is 40.9 Å². The van der Waals surface area contributed by atoms with Crippen LogP contribution in [0.25, 0.3) is 0 Å². The van der Waals surface area contributed by atoms with Crippen molar-refractivity contribution in [2.45, 2.75) is 38.4 Å². The third-order valence-electron chi connectivity index (χ3n) is 4.11. The molecular weight excluding hydrogens is 224 g/mol. The lowest BCUT2D eigenvalue weighted by Crippen LogP contribution is -2.69. The van der Waals surface area contributed by atoms with Crippen molar-refractivity contribution in [3.05, 3.63) is 35.9 Å². The van der Waals surface area contributed by atoms with Crippen molar-refractivity contribution in [3.63, 3.8) is 0 Å². The third-order valence-corrected chi connectivity index (χ3v) is 4.11. The molecule has 0 aromatic heterocycles. The molecule has 2 atom stereocenters. The van der Waals surface area contributed by atoms with Gasteiger partial charge >= 0.3 is 0 Å². The average molecular weight is 244 g/mol. The second-order valence-electron chi connectivity index (χ2n) is 5.38. The van der Waals surface area contributed by atoms with Crippen LogP contribution in [0.3, 0.4) is 0 Å². The fourth-order valence-corrected chi connectivity index (χ4v) is 3.26. The van der Waals surface area contributed by atoms with E-state index in [2.05, 4.69) is 40.1 Å². The lowest BCUT2D eigenvalue weighted by Gasteiger charge is -2.56. The molecule has 0 radical (unpaired) electrons. The summed E-state index contributed by atoms with van der Waals surface area (Å²) in [6.07, 6.45) is 1.85. The van der Waals surface area contributed by atoms with E-state index in [1.807, 2.05) is 6.92 Å². The van der Waals surface area contributed by atoms with Gasteiger partial charge in [-0.05, 0) is 12.0 Å². The van der Waals surface area contributed by atoms with Crippen LogP contribution in [0.5, 0.6) is 0 Å².